The van der Waals surface area contributed by atoms with E-state index >= 15 is 0 Å². The molecule has 4 fully saturated rings. The van der Waals surface area contributed by atoms with Crippen LogP contribution in [0.4, 0.5) is 13.2 Å². The summed E-state index contributed by atoms with van der Waals surface area (Å²) >= 11 is 0. The van der Waals surface area contributed by atoms with Crippen LogP contribution in [0.1, 0.15) is 44.9 Å². The number of rotatable bonds is 6. The van der Waals surface area contributed by atoms with Crippen LogP contribution in [0.25, 0.3) is 0 Å². The molecule has 6 nitrogen and oxygen atoms in total. The van der Waals surface area contributed by atoms with Crippen LogP contribution >= 0.6 is 0 Å². The van der Waals surface area contributed by atoms with Crippen LogP contribution in [0.5, 0.6) is 0 Å². The molecule has 0 heterocycles. The molecule has 0 saturated heterocycles. The van der Waals surface area contributed by atoms with E-state index in [1.807, 2.05) is 0 Å². The highest BCUT2D eigenvalue weighted by Crippen LogP contribution is 2.62. The Morgan fingerprint density at radius 3 is 2.23 bits per heavy atom. The van der Waals surface area contributed by atoms with E-state index in [-0.39, 0.29) is 18.3 Å². The monoisotopic (exact) mass is 400 g/mol. The fourth-order valence-corrected chi connectivity index (χ4v) is 6.36. The highest BCUT2D eigenvalue weighted by Gasteiger charge is 2.60. The van der Waals surface area contributed by atoms with Gasteiger partial charge in [-0.2, -0.15) is 21.6 Å². The SMILES string of the molecule is O=C(OCCC(CS(=O)(=O)O)C(F)(F)F)C12CC3CC(CC(O)(C3)C1)C2. The second kappa shape index (κ2) is 6.34. The van der Waals surface area contributed by atoms with Crippen molar-refractivity contribution in [2.75, 3.05) is 12.4 Å². The normalized spacial score (nSPS) is 37.6. The van der Waals surface area contributed by atoms with E-state index < -0.39 is 58.0 Å². The van der Waals surface area contributed by atoms with Gasteiger partial charge >= 0.3 is 12.1 Å². The largest absolute Gasteiger partial charge is 0.465 e. The third kappa shape index (κ3) is 4.17. The van der Waals surface area contributed by atoms with Crippen LogP contribution < -0.4 is 0 Å². The maximum atomic E-state index is 12.9. The molecule has 26 heavy (non-hydrogen) atoms. The summed E-state index contributed by atoms with van der Waals surface area (Å²) < 4.78 is 74.0. The molecule has 4 saturated carbocycles. The summed E-state index contributed by atoms with van der Waals surface area (Å²) in [4.78, 5) is 12.6. The first-order valence-electron chi connectivity index (χ1n) is 8.72. The topological polar surface area (TPSA) is 101 Å². The zero-order valence-corrected chi connectivity index (χ0v) is 15.0. The summed E-state index contributed by atoms with van der Waals surface area (Å²) in [6, 6.07) is 0. The lowest BCUT2D eigenvalue weighted by atomic mass is 9.48. The minimum absolute atomic E-state index is 0.233. The van der Waals surface area contributed by atoms with Crippen LogP contribution in [-0.4, -0.2) is 48.2 Å². The van der Waals surface area contributed by atoms with Crippen molar-refractivity contribution < 1.29 is 40.8 Å². The van der Waals surface area contributed by atoms with E-state index in [0.717, 1.165) is 6.42 Å². The van der Waals surface area contributed by atoms with E-state index in [1.54, 1.807) is 0 Å². The Morgan fingerprint density at radius 1 is 1.19 bits per heavy atom. The lowest BCUT2D eigenvalue weighted by Gasteiger charge is -2.58. The van der Waals surface area contributed by atoms with E-state index in [4.69, 9.17) is 9.29 Å². The van der Waals surface area contributed by atoms with Crippen molar-refractivity contribution in [3.63, 3.8) is 0 Å². The maximum absolute atomic E-state index is 12.9. The standard InChI is InChI=1S/C16H23F3O6S/c17-16(18,19)12(8-26(22,23)24)1-2-25-13(20)14-4-10-3-11(5-14)7-15(21,6-10)9-14/h10-12,21H,1-9H2,(H,22,23,24). The Kier molecular flexibility index (Phi) is 4.85. The van der Waals surface area contributed by atoms with Crippen molar-refractivity contribution in [2.45, 2.75) is 56.7 Å². The number of carbonyl (C=O) groups excluding carboxylic acids is 1. The van der Waals surface area contributed by atoms with Crippen molar-refractivity contribution in [1.82, 2.24) is 0 Å². The first kappa shape index (κ1) is 19.9. The van der Waals surface area contributed by atoms with Gasteiger partial charge in [-0.3, -0.25) is 9.35 Å². The summed E-state index contributed by atoms with van der Waals surface area (Å²) in [5.74, 6) is -3.89. The second-order valence-corrected chi connectivity index (χ2v) is 9.87. The zero-order chi connectivity index (χ0) is 19.4. The van der Waals surface area contributed by atoms with Crippen LogP contribution in [0.3, 0.4) is 0 Å². The average Bonchev–Trinajstić information content (AvgIpc) is 2.41. The highest BCUT2D eigenvalue weighted by molar-refractivity contribution is 7.85. The van der Waals surface area contributed by atoms with Crippen molar-refractivity contribution in [3.8, 4) is 0 Å². The highest BCUT2D eigenvalue weighted by atomic mass is 32.2. The van der Waals surface area contributed by atoms with Crippen LogP contribution in [0.2, 0.25) is 0 Å². The minimum Gasteiger partial charge on any atom is -0.465 e. The molecule has 4 aliphatic rings. The van der Waals surface area contributed by atoms with Crippen LogP contribution in [-0.2, 0) is 19.6 Å². The fourth-order valence-electron chi connectivity index (χ4n) is 5.50. The predicted molar refractivity (Wildman–Crippen MR) is 83.6 cm³/mol. The molecule has 4 aliphatic carbocycles. The summed E-state index contributed by atoms with van der Waals surface area (Å²) in [6.07, 6.45) is -1.84. The molecular formula is C16H23F3O6S. The molecule has 150 valence electrons. The maximum Gasteiger partial charge on any atom is 0.393 e. The number of aliphatic hydroxyl groups is 1. The van der Waals surface area contributed by atoms with E-state index in [2.05, 4.69) is 0 Å². The fraction of sp³-hybridized carbons (Fsp3) is 0.938. The number of hydrogen-bond acceptors (Lipinski definition) is 5. The third-order valence-corrected chi connectivity index (χ3v) is 6.86. The molecule has 0 radical (unpaired) electrons. The third-order valence-electron chi connectivity index (χ3n) is 6.04. The van der Waals surface area contributed by atoms with Crippen molar-refractivity contribution in [1.29, 1.82) is 0 Å². The quantitative estimate of drug-likeness (QED) is 0.524. The molecule has 0 aromatic rings. The van der Waals surface area contributed by atoms with Crippen molar-refractivity contribution >= 4 is 16.1 Å². The Bertz CT molecular complexity index is 660. The number of carbonyl (C=O) groups is 1. The van der Waals surface area contributed by atoms with E-state index in [9.17, 15) is 31.5 Å². The lowest BCUT2D eigenvalue weighted by Crippen LogP contribution is -2.58. The molecule has 4 bridgehead atoms. The van der Waals surface area contributed by atoms with Crippen molar-refractivity contribution in [3.05, 3.63) is 0 Å². The number of alkyl halides is 3. The van der Waals surface area contributed by atoms with E-state index in [1.165, 1.54) is 0 Å². The van der Waals surface area contributed by atoms with E-state index in [0.29, 0.717) is 25.7 Å². The number of halogens is 3. The molecule has 10 heteroatoms. The Labute approximate surface area is 149 Å². The van der Waals surface area contributed by atoms with Crippen molar-refractivity contribution in [2.24, 2.45) is 23.2 Å². The van der Waals surface area contributed by atoms with Gasteiger partial charge in [-0.15, -0.1) is 0 Å². The molecule has 0 aliphatic heterocycles. The van der Waals surface area contributed by atoms with Gasteiger partial charge in [0.05, 0.1) is 29.3 Å². The molecule has 2 N–H and O–H groups in total. The van der Waals surface area contributed by atoms with Gasteiger partial charge in [0, 0.05) is 0 Å². The number of ether oxygens (including phenoxy) is 1. The molecular weight excluding hydrogens is 377 g/mol. The average molecular weight is 400 g/mol. The lowest BCUT2D eigenvalue weighted by molar-refractivity contribution is -0.199. The predicted octanol–water partition coefficient (Wildman–Crippen LogP) is 2.32. The van der Waals surface area contributed by atoms with Gasteiger partial charge in [0.2, 0.25) is 0 Å². The van der Waals surface area contributed by atoms with Gasteiger partial charge in [0.1, 0.15) is 0 Å². The molecule has 3 atom stereocenters. The smallest absolute Gasteiger partial charge is 0.393 e. The second-order valence-electron chi connectivity index (χ2n) is 8.38. The number of hydrogen-bond donors (Lipinski definition) is 2. The Balaban J connectivity index is 1.60. The first-order valence-corrected chi connectivity index (χ1v) is 10.3. The molecule has 3 unspecified atom stereocenters. The summed E-state index contributed by atoms with van der Waals surface area (Å²) in [7, 11) is -4.80. The Morgan fingerprint density at radius 2 is 1.77 bits per heavy atom. The van der Waals surface area contributed by atoms with Gasteiger partial charge in [0.15, 0.2) is 0 Å². The van der Waals surface area contributed by atoms with Crippen LogP contribution in [0.15, 0.2) is 0 Å². The minimum atomic E-state index is -4.82. The van der Waals surface area contributed by atoms with Gasteiger partial charge in [-0.05, 0) is 56.8 Å². The number of esters is 1. The molecule has 0 aromatic carbocycles. The zero-order valence-electron chi connectivity index (χ0n) is 14.2. The van der Waals surface area contributed by atoms with Gasteiger partial charge in [-0.1, -0.05) is 0 Å². The van der Waals surface area contributed by atoms with Gasteiger partial charge in [0.25, 0.3) is 10.1 Å². The molecule has 0 aromatic heterocycles. The molecule has 0 spiro atoms. The summed E-state index contributed by atoms with van der Waals surface area (Å²) in [6.45, 7) is -0.575. The van der Waals surface area contributed by atoms with Crippen LogP contribution in [0, 0.1) is 23.2 Å². The Hall–Kier alpha value is -0.870. The summed E-state index contributed by atoms with van der Waals surface area (Å²) in [5.41, 5.74) is -1.72. The summed E-state index contributed by atoms with van der Waals surface area (Å²) in [5, 5.41) is 10.6. The van der Waals surface area contributed by atoms with Gasteiger partial charge in [-0.25, -0.2) is 0 Å². The van der Waals surface area contributed by atoms with Gasteiger partial charge < -0.3 is 9.84 Å². The first-order chi connectivity index (χ1) is 11.8. The molecule has 4 rings (SSSR count). The molecule has 0 amide bonds.